The molecule has 1 N–H and O–H groups in total. The molecule has 3 heterocycles. The minimum atomic E-state index is -3.59. The first-order valence-electron chi connectivity index (χ1n) is 10.6. The summed E-state index contributed by atoms with van der Waals surface area (Å²) in [5.41, 5.74) is 1.32. The lowest BCUT2D eigenvalue weighted by Crippen LogP contribution is -2.47. The smallest absolute Gasteiger partial charge is 0.243 e. The molecule has 1 aromatic carbocycles. The Balaban J connectivity index is 1.56. The third-order valence-corrected chi connectivity index (χ3v) is 8.67. The molecule has 2 aromatic rings. The third-order valence-electron chi connectivity index (χ3n) is 5.90. The lowest BCUT2D eigenvalue weighted by atomic mass is 10.1. The molecule has 166 valence electrons. The largest absolute Gasteiger partial charge is 0.349 e. The van der Waals surface area contributed by atoms with Crippen LogP contribution in [0.2, 0.25) is 0 Å². The molecule has 0 aliphatic carbocycles. The number of anilines is 1. The number of rotatable bonds is 5. The predicted molar refractivity (Wildman–Crippen MR) is 120 cm³/mol. The molecular formula is C22H27N3O4S2. The summed E-state index contributed by atoms with van der Waals surface area (Å²) in [4.78, 5) is 27.9. The van der Waals surface area contributed by atoms with Crippen LogP contribution < -0.4 is 10.2 Å². The highest BCUT2D eigenvalue weighted by Crippen LogP contribution is 2.35. The Morgan fingerprint density at radius 3 is 2.52 bits per heavy atom. The van der Waals surface area contributed by atoms with Gasteiger partial charge in [-0.05, 0) is 48.1 Å². The van der Waals surface area contributed by atoms with E-state index in [1.54, 1.807) is 33.8 Å². The first-order valence-corrected chi connectivity index (χ1v) is 12.9. The summed E-state index contributed by atoms with van der Waals surface area (Å²) in [6.45, 7) is 2.90. The predicted octanol–water partition coefficient (Wildman–Crippen LogP) is 2.91. The number of hydrogen-bond donors (Lipinski definition) is 1. The molecule has 4 rings (SSSR count). The number of hydrogen-bond acceptors (Lipinski definition) is 5. The fraction of sp³-hybridized carbons (Fsp3) is 0.455. The summed E-state index contributed by atoms with van der Waals surface area (Å²) in [7, 11) is -3.59. The molecule has 1 fully saturated rings. The van der Waals surface area contributed by atoms with Gasteiger partial charge >= 0.3 is 0 Å². The zero-order chi connectivity index (χ0) is 22.0. The van der Waals surface area contributed by atoms with Gasteiger partial charge in [-0.3, -0.25) is 14.5 Å². The van der Waals surface area contributed by atoms with Crippen molar-refractivity contribution in [2.45, 2.75) is 56.5 Å². The van der Waals surface area contributed by atoms with Crippen LogP contribution in [-0.4, -0.2) is 43.7 Å². The maximum Gasteiger partial charge on any atom is 0.243 e. The topological polar surface area (TPSA) is 86.8 Å². The average molecular weight is 462 g/mol. The standard InChI is InChI=1S/C22H27N3O4S2/c1-16(26)25-20-9-8-19(31(28,29)24-10-4-2-3-5-11-24)13-17(20)14-21(25)22(27)23-15-18-7-6-12-30-18/h6-9,12-13,21H,2-5,10-11,14-15H2,1H3,(H,23,27)/t21-/m0/s1. The fourth-order valence-electron chi connectivity index (χ4n) is 4.32. The highest BCUT2D eigenvalue weighted by molar-refractivity contribution is 7.89. The van der Waals surface area contributed by atoms with Gasteiger partial charge in [-0.1, -0.05) is 18.9 Å². The van der Waals surface area contributed by atoms with Crippen LogP contribution >= 0.6 is 11.3 Å². The summed E-state index contributed by atoms with van der Waals surface area (Å²) >= 11 is 1.55. The highest BCUT2D eigenvalue weighted by Gasteiger charge is 2.38. The Labute approximate surface area is 187 Å². The van der Waals surface area contributed by atoms with E-state index in [2.05, 4.69) is 5.32 Å². The van der Waals surface area contributed by atoms with Crippen molar-refractivity contribution >= 4 is 38.9 Å². The highest BCUT2D eigenvalue weighted by atomic mass is 32.2. The summed E-state index contributed by atoms with van der Waals surface area (Å²) < 4.78 is 27.9. The lowest BCUT2D eigenvalue weighted by Gasteiger charge is -2.23. The Morgan fingerprint density at radius 2 is 1.87 bits per heavy atom. The second-order valence-electron chi connectivity index (χ2n) is 8.01. The maximum absolute atomic E-state index is 13.2. The van der Waals surface area contributed by atoms with Crippen LogP contribution in [0.5, 0.6) is 0 Å². The molecule has 2 aliphatic heterocycles. The van der Waals surface area contributed by atoms with Gasteiger partial charge in [-0.2, -0.15) is 4.31 Å². The molecule has 0 bridgehead atoms. The number of carbonyl (C=O) groups excluding carboxylic acids is 2. The van der Waals surface area contributed by atoms with Gasteiger partial charge in [-0.15, -0.1) is 11.3 Å². The van der Waals surface area contributed by atoms with Crippen molar-refractivity contribution in [3.8, 4) is 0 Å². The van der Waals surface area contributed by atoms with E-state index >= 15 is 0 Å². The van der Waals surface area contributed by atoms with Crippen LogP contribution in [0, 0.1) is 0 Å². The first-order chi connectivity index (χ1) is 14.9. The van der Waals surface area contributed by atoms with Gasteiger partial charge < -0.3 is 5.32 Å². The van der Waals surface area contributed by atoms with E-state index in [9.17, 15) is 18.0 Å². The Kier molecular flexibility index (Phi) is 6.45. The van der Waals surface area contributed by atoms with E-state index in [0.717, 1.165) is 30.6 Å². The monoisotopic (exact) mass is 461 g/mol. The van der Waals surface area contributed by atoms with Crippen LogP contribution in [-0.2, 0) is 32.6 Å². The zero-order valence-electron chi connectivity index (χ0n) is 17.5. The van der Waals surface area contributed by atoms with Crippen molar-refractivity contribution in [1.82, 2.24) is 9.62 Å². The van der Waals surface area contributed by atoms with Crippen LogP contribution in [0.1, 0.15) is 43.0 Å². The number of carbonyl (C=O) groups is 2. The molecule has 2 aliphatic rings. The van der Waals surface area contributed by atoms with E-state index in [-0.39, 0.29) is 16.7 Å². The third kappa shape index (κ3) is 4.53. The average Bonchev–Trinajstić information content (AvgIpc) is 3.31. The minimum Gasteiger partial charge on any atom is -0.349 e. The van der Waals surface area contributed by atoms with Gasteiger partial charge in [0.1, 0.15) is 6.04 Å². The van der Waals surface area contributed by atoms with Gasteiger partial charge in [0.05, 0.1) is 11.4 Å². The maximum atomic E-state index is 13.2. The van der Waals surface area contributed by atoms with Crippen LogP contribution in [0.3, 0.4) is 0 Å². The van der Waals surface area contributed by atoms with Crippen molar-refractivity contribution < 1.29 is 18.0 Å². The molecule has 31 heavy (non-hydrogen) atoms. The van der Waals surface area contributed by atoms with Crippen molar-refractivity contribution in [3.05, 3.63) is 46.2 Å². The molecule has 7 nitrogen and oxygen atoms in total. The lowest BCUT2D eigenvalue weighted by molar-refractivity contribution is -0.125. The summed E-state index contributed by atoms with van der Waals surface area (Å²) in [5, 5.41) is 4.85. The number of nitrogens with zero attached hydrogens (tertiary/aromatic N) is 2. The van der Waals surface area contributed by atoms with Crippen molar-refractivity contribution in [3.63, 3.8) is 0 Å². The molecule has 2 amide bonds. The quantitative estimate of drug-likeness (QED) is 0.742. The number of thiophene rings is 1. The molecule has 0 unspecified atom stereocenters. The second kappa shape index (κ2) is 9.10. The number of nitrogens with one attached hydrogen (secondary N) is 1. The molecule has 1 atom stereocenters. The summed E-state index contributed by atoms with van der Waals surface area (Å²) in [6.07, 6.45) is 4.14. The van der Waals surface area contributed by atoms with Crippen LogP contribution in [0.4, 0.5) is 5.69 Å². The Morgan fingerprint density at radius 1 is 1.13 bits per heavy atom. The van der Waals surface area contributed by atoms with Gasteiger partial charge in [0, 0.05) is 37.0 Å². The van der Waals surface area contributed by atoms with E-state index in [0.29, 0.717) is 37.3 Å². The molecule has 9 heteroatoms. The molecule has 1 aromatic heterocycles. The molecule has 0 radical (unpaired) electrons. The number of sulfonamides is 1. The molecular weight excluding hydrogens is 434 g/mol. The fourth-order valence-corrected chi connectivity index (χ4v) is 6.54. The first kappa shape index (κ1) is 22.0. The van der Waals surface area contributed by atoms with Gasteiger partial charge in [0.25, 0.3) is 0 Å². The second-order valence-corrected chi connectivity index (χ2v) is 11.0. The van der Waals surface area contributed by atoms with Crippen LogP contribution in [0.15, 0.2) is 40.6 Å². The molecule has 1 saturated heterocycles. The Bertz CT molecular complexity index is 1060. The van der Waals surface area contributed by atoms with Crippen LogP contribution in [0.25, 0.3) is 0 Å². The normalized spacial score (nSPS) is 19.6. The van der Waals surface area contributed by atoms with Gasteiger partial charge in [0.2, 0.25) is 21.8 Å². The van der Waals surface area contributed by atoms with Crippen molar-refractivity contribution in [2.75, 3.05) is 18.0 Å². The minimum absolute atomic E-state index is 0.233. The summed E-state index contributed by atoms with van der Waals surface area (Å²) in [6, 6.07) is 8.04. The number of fused-ring (bicyclic) bond motifs is 1. The van der Waals surface area contributed by atoms with E-state index < -0.39 is 16.1 Å². The SMILES string of the molecule is CC(=O)N1c2ccc(S(=O)(=O)N3CCCCCC3)cc2C[C@H]1C(=O)NCc1cccs1. The summed E-state index contributed by atoms with van der Waals surface area (Å²) in [5.74, 6) is -0.477. The van der Waals surface area contributed by atoms with Gasteiger partial charge in [-0.25, -0.2) is 8.42 Å². The van der Waals surface area contributed by atoms with E-state index in [1.165, 1.54) is 11.8 Å². The zero-order valence-corrected chi connectivity index (χ0v) is 19.2. The molecule has 0 saturated carbocycles. The van der Waals surface area contributed by atoms with E-state index in [1.807, 2.05) is 17.5 Å². The van der Waals surface area contributed by atoms with E-state index in [4.69, 9.17) is 0 Å². The Hall–Kier alpha value is -2.23. The van der Waals surface area contributed by atoms with Crippen molar-refractivity contribution in [1.29, 1.82) is 0 Å². The van der Waals surface area contributed by atoms with Crippen molar-refractivity contribution in [2.24, 2.45) is 0 Å². The number of amides is 2. The number of benzene rings is 1. The van der Waals surface area contributed by atoms with Gasteiger partial charge in [0.15, 0.2) is 0 Å². The molecule has 0 spiro atoms.